The first kappa shape index (κ1) is 18.2. The van der Waals surface area contributed by atoms with Crippen LogP contribution in [0.3, 0.4) is 0 Å². The van der Waals surface area contributed by atoms with Gasteiger partial charge in [-0.3, -0.25) is 19.7 Å². The van der Waals surface area contributed by atoms with E-state index in [4.69, 9.17) is 6.42 Å². The van der Waals surface area contributed by atoms with Gasteiger partial charge < -0.3 is 10.6 Å². The van der Waals surface area contributed by atoms with Gasteiger partial charge in [0.15, 0.2) is 0 Å². The van der Waals surface area contributed by atoms with Crippen molar-refractivity contribution in [3.05, 3.63) is 68.2 Å². The number of hydrogen-bond donors (Lipinski definition) is 2. The number of hydrogen-bond acceptors (Lipinski definition) is 4. The number of halogens is 1. The third-order valence-corrected chi connectivity index (χ3v) is 3.80. The zero-order chi connectivity index (χ0) is 18.4. The second-order valence-corrected chi connectivity index (χ2v) is 5.73. The lowest BCUT2D eigenvalue weighted by Gasteiger charge is -2.07. The standard InChI is InChI=1S/C17H12BrN3O4/c1-2-11-4-3-5-13(8-11)20-16(22)10-19-17(23)12-6-7-14(18)15(9-12)21(24)25/h1,3-9H,10H2,(H,19,23)(H,20,22). The molecular weight excluding hydrogens is 390 g/mol. The van der Waals surface area contributed by atoms with Crippen LogP contribution in [0.5, 0.6) is 0 Å². The second-order valence-electron chi connectivity index (χ2n) is 4.88. The van der Waals surface area contributed by atoms with E-state index in [9.17, 15) is 19.7 Å². The Morgan fingerprint density at radius 2 is 2.00 bits per heavy atom. The van der Waals surface area contributed by atoms with Gasteiger partial charge in [0.1, 0.15) is 0 Å². The quantitative estimate of drug-likeness (QED) is 0.456. The zero-order valence-electron chi connectivity index (χ0n) is 12.8. The minimum atomic E-state index is -0.605. The smallest absolute Gasteiger partial charge is 0.284 e. The van der Waals surface area contributed by atoms with Gasteiger partial charge >= 0.3 is 0 Å². The van der Waals surface area contributed by atoms with Gasteiger partial charge in [0.05, 0.1) is 15.9 Å². The second kappa shape index (κ2) is 8.08. The Labute approximate surface area is 151 Å². The lowest BCUT2D eigenvalue weighted by atomic mass is 10.2. The number of nitrogens with one attached hydrogen (secondary N) is 2. The van der Waals surface area contributed by atoms with Crippen molar-refractivity contribution in [3.63, 3.8) is 0 Å². The molecule has 0 unspecified atom stereocenters. The third-order valence-electron chi connectivity index (χ3n) is 3.13. The SMILES string of the molecule is C#Cc1cccc(NC(=O)CNC(=O)c2ccc(Br)c([N+](=O)[O-])c2)c1. The van der Waals surface area contributed by atoms with E-state index >= 15 is 0 Å². The average Bonchev–Trinajstić information content (AvgIpc) is 2.60. The predicted molar refractivity (Wildman–Crippen MR) is 96.1 cm³/mol. The minimum absolute atomic E-state index is 0.0806. The summed E-state index contributed by atoms with van der Waals surface area (Å²) in [6.45, 7) is -0.289. The number of anilines is 1. The third kappa shape index (κ3) is 4.89. The summed E-state index contributed by atoms with van der Waals surface area (Å²) in [5.41, 5.74) is 0.971. The van der Waals surface area contributed by atoms with Crippen LogP contribution in [0.2, 0.25) is 0 Å². The van der Waals surface area contributed by atoms with E-state index < -0.39 is 16.7 Å². The van der Waals surface area contributed by atoms with Crippen molar-refractivity contribution in [1.82, 2.24) is 5.32 Å². The average molecular weight is 402 g/mol. The Bertz CT molecular complexity index is 890. The highest BCUT2D eigenvalue weighted by molar-refractivity contribution is 9.10. The monoisotopic (exact) mass is 401 g/mol. The van der Waals surface area contributed by atoms with Crippen LogP contribution in [0.25, 0.3) is 0 Å². The number of benzene rings is 2. The maximum atomic E-state index is 12.0. The first-order chi connectivity index (χ1) is 11.9. The van der Waals surface area contributed by atoms with Crippen LogP contribution in [-0.2, 0) is 4.79 Å². The normalized spacial score (nSPS) is 9.76. The Hall–Kier alpha value is -3.18. The van der Waals surface area contributed by atoms with Crippen LogP contribution >= 0.6 is 15.9 Å². The molecule has 0 fully saturated rings. The van der Waals surface area contributed by atoms with Crippen LogP contribution in [-0.4, -0.2) is 23.3 Å². The summed E-state index contributed by atoms with van der Waals surface area (Å²) in [4.78, 5) is 34.2. The van der Waals surface area contributed by atoms with Crippen LogP contribution in [0, 0.1) is 22.5 Å². The Balaban J connectivity index is 1.97. The molecular formula is C17H12BrN3O4. The predicted octanol–water partition coefficient (Wildman–Crippen LogP) is 2.71. The molecule has 0 radical (unpaired) electrons. The molecule has 0 spiro atoms. The number of nitrogens with zero attached hydrogens (tertiary/aromatic N) is 1. The number of carbonyl (C=O) groups is 2. The van der Waals surface area contributed by atoms with E-state index in [1.54, 1.807) is 24.3 Å². The molecule has 2 amide bonds. The molecule has 8 heteroatoms. The van der Waals surface area contributed by atoms with E-state index in [1.165, 1.54) is 12.1 Å². The molecule has 0 bridgehead atoms. The molecule has 0 atom stereocenters. The number of terminal acetylenes is 1. The van der Waals surface area contributed by atoms with Gasteiger partial charge in [0.2, 0.25) is 5.91 Å². The molecule has 2 N–H and O–H groups in total. The van der Waals surface area contributed by atoms with E-state index in [0.29, 0.717) is 11.3 Å². The summed E-state index contributed by atoms with van der Waals surface area (Å²) in [5, 5.41) is 15.9. The van der Waals surface area contributed by atoms with Crippen LogP contribution < -0.4 is 10.6 Å². The van der Waals surface area contributed by atoms with E-state index in [1.807, 2.05) is 0 Å². The molecule has 0 aliphatic carbocycles. The number of nitro groups is 1. The fraction of sp³-hybridized carbons (Fsp3) is 0.0588. The summed E-state index contributed by atoms with van der Waals surface area (Å²) in [7, 11) is 0. The Morgan fingerprint density at radius 3 is 2.68 bits per heavy atom. The summed E-state index contributed by atoms with van der Waals surface area (Å²) < 4.78 is 0.264. The number of rotatable bonds is 5. The highest BCUT2D eigenvalue weighted by Crippen LogP contribution is 2.25. The molecule has 2 rings (SSSR count). The van der Waals surface area contributed by atoms with Gasteiger partial charge in [-0.05, 0) is 46.3 Å². The van der Waals surface area contributed by atoms with Gasteiger partial charge in [0, 0.05) is 22.9 Å². The Morgan fingerprint density at radius 1 is 1.24 bits per heavy atom. The van der Waals surface area contributed by atoms with Gasteiger partial charge in [-0.2, -0.15) is 0 Å². The summed E-state index contributed by atoms with van der Waals surface area (Å²) in [6.07, 6.45) is 5.29. The van der Waals surface area contributed by atoms with Crippen molar-refractivity contribution in [2.45, 2.75) is 0 Å². The fourth-order valence-corrected chi connectivity index (χ4v) is 2.34. The first-order valence-corrected chi connectivity index (χ1v) is 7.78. The zero-order valence-corrected chi connectivity index (χ0v) is 14.4. The van der Waals surface area contributed by atoms with Crippen molar-refractivity contribution in [3.8, 4) is 12.3 Å². The number of amides is 2. The Kier molecular flexibility index (Phi) is 5.87. The highest BCUT2D eigenvalue weighted by Gasteiger charge is 2.16. The number of nitro benzene ring substituents is 1. The first-order valence-electron chi connectivity index (χ1n) is 6.99. The van der Waals surface area contributed by atoms with Crippen molar-refractivity contribution < 1.29 is 14.5 Å². The molecule has 25 heavy (non-hydrogen) atoms. The molecule has 126 valence electrons. The van der Waals surface area contributed by atoms with E-state index in [0.717, 1.165) is 6.07 Å². The van der Waals surface area contributed by atoms with Crippen molar-refractivity contribution >= 4 is 39.1 Å². The maximum absolute atomic E-state index is 12.0. The van der Waals surface area contributed by atoms with Crippen LogP contribution in [0.4, 0.5) is 11.4 Å². The molecule has 0 saturated heterocycles. The number of carbonyl (C=O) groups excluding carboxylic acids is 2. The molecule has 2 aromatic rings. The van der Waals surface area contributed by atoms with Crippen molar-refractivity contribution in [2.75, 3.05) is 11.9 Å². The summed E-state index contributed by atoms with van der Waals surface area (Å²) in [6, 6.07) is 10.7. The largest absolute Gasteiger partial charge is 0.343 e. The maximum Gasteiger partial charge on any atom is 0.284 e. The van der Waals surface area contributed by atoms with Gasteiger partial charge in [-0.15, -0.1) is 6.42 Å². The molecule has 0 saturated carbocycles. The fourth-order valence-electron chi connectivity index (χ4n) is 1.95. The van der Waals surface area contributed by atoms with Gasteiger partial charge in [-0.1, -0.05) is 12.0 Å². The molecule has 0 aliphatic heterocycles. The van der Waals surface area contributed by atoms with Gasteiger partial charge in [-0.25, -0.2) is 0 Å². The van der Waals surface area contributed by atoms with Crippen LogP contribution in [0.15, 0.2) is 46.9 Å². The van der Waals surface area contributed by atoms with E-state index in [-0.39, 0.29) is 22.3 Å². The van der Waals surface area contributed by atoms with Crippen molar-refractivity contribution in [2.24, 2.45) is 0 Å². The lowest BCUT2D eigenvalue weighted by Crippen LogP contribution is -2.32. The van der Waals surface area contributed by atoms with E-state index in [2.05, 4.69) is 32.5 Å². The minimum Gasteiger partial charge on any atom is -0.343 e. The van der Waals surface area contributed by atoms with Crippen LogP contribution in [0.1, 0.15) is 15.9 Å². The molecule has 0 aromatic heterocycles. The molecule has 0 aliphatic rings. The summed E-state index contributed by atoms with van der Waals surface area (Å²) >= 11 is 3.04. The topological polar surface area (TPSA) is 101 Å². The molecule has 7 nitrogen and oxygen atoms in total. The lowest BCUT2D eigenvalue weighted by molar-refractivity contribution is -0.385. The molecule has 2 aromatic carbocycles. The molecule has 0 heterocycles. The van der Waals surface area contributed by atoms with Crippen molar-refractivity contribution in [1.29, 1.82) is 0 Å². The highest BCUT2D eigenvalue weighted by atomic mass is 79.9. The van der Waals surface area contributed by atoms with Gasteiger partial charge in [0.25, 0.3) is 11.6 Å². The summed E-state index contributed by atoms with van der Waals surface area (Å²) in [5.74, 6) is 1.41.